The topological polar surface area (TPSA) is 103 Å². The molecule has 0 saturated carbocycles. The van der Waals surface area contributed by atoms with Crippen molar-refractivity contribution in [2.75, 3.05) is 32.3 Å². The number of benzene rings is 2. The predicted octanol–water partition coefficient (Wildman–Crippen LogP) is 1.72. The highest BCUT2D eigenvalue weighted by molar-refractivity contribution is 6.00. The molecule has 1 N–H and O–H groups in total. The van der Waals surface area contributed by atoms with E-state index in [1.54, 1.807) is 55.5 Å². The van der Waals surface area contributed by atoms with Crippen molar-refractivity contribution in [3.8, 4) is 5.75 Å². The van der Waals surface area contributed by atoms with Gasteiger partial charge in [-0.2, -0.15) is 5.10 Å². The van der Waals surface area contributed by atoms with Crippen LogP contribution in [0.5, 0.6) is 5.75 Å². The largest absolute Gasteiger partial charge is 0.497 e. The van der Waals surface area contributed by atoms with Crippen LogP contribution < -0.4 is 20.5 Å². The van der Waals surface area contributed by atoms with Crippen molar-refractivity contribution in [2.45, 2.75) is 19.5 Å². The van der Waals surface area contributed by atoms with E-state index in [2.05, 4.69) is 10.4 Å². The summed E-state index contributed by atoms with van der Waals surface area (Å²) in [5, 5.41) is 8.58. The van der Waals surface area contributed by atoms with Crippen molar-refractivity contribution in [2.24, 2.45) is 5.92 Å². The van der Waals surface area contributed by atoms with Gasteiger partial charge in [-0.25, -0.2) is 4.68 Å². The molecule has 0 radical (unpaired) electrons. The van der Waals surface area contributed by atoms with Gasteiger partial charge in [-0.3, -0.25) is 14.4 Å². The van der Waals surface area contributed by atoms with E-state index in [0.717, 1.165) is 5.69 Å². The van der Waals surface area contributed by atoms with E-state index in [-0.39, 0.29) is 30.3 Å². The Bertz CT molecular complexity index is 1220. The smallest absolute Gasteiger partial charge is 0.274 e. The Hall–Kier alpha value is -3.72. The number of rotatable bonds is 8. The van der Waals surface area contributed by atoms with Gasteiger partial charge in [0.05, 0.1) is 43.8 Å². The van der Waals surface area contributed by atoms with Crippen molar-refractivity contribution < 1.29 is 19.1 Å². The molecule has 9 nitrogen and oxygen atoms in total. The van der Waals surface area contributed by atoms with Crippen LogP contribution in [0.3, 0.4) is 0 Å². The van der Waals surface area contributed by atoms with E-state index in [1.165, 1.54) is 4.68 Å². The lowest BCUT2D eigenvalue weighted by Crippen LogP contribution is -2.34. The van der Waals surface area contributed by atoms with Gasteiger partial charge in [0.1, 0.15) is 5.75 Å². The number of carbonyl (C=O) groups excluding carboxylic acids is 2. The summed E-state index contributed by atoms with van der Waals surface area (Å²) in [6, 6.07) is 14.4. The molecule has 1 saturated heterocycles. The van der Waals surface area contributed by atoms with E-state index in [1.807, 2.05) is 12.1 Å². The molecule has 172 valence electrons. The van der Waals surface area contributed by atoms with Gasteiger partial charge in [0.25, 0.3) is 5.56 Å². The second-order valence-corrected chi connectivity index (χ2v) is 7.83. The fourth-order valence-corrected chi connectivity index (χ4v) is 3.98. The maximum Gasteiger partial charge on any atom is 0.274 e. The molecule has 1 aliphatic heterocycles. The monoisotopic (exact) mass is 450 g/mol. The minimum atomic E-state index is -0.467. The third-order valence-electron chi connectivity index (χ3n) is 5.76. The Kier molecular flexibility index (Phi) is 6.69. The molecular weight excluding hydrogens is 424 g/mol. The summed E-state index contributed by atoms with van der Waals surface area (Å²) in [6.07, 6.45) is 0.138. The average Bonchev–Trinajstić information content (AvgIpc) is 3.24. The van der Waals surface area contributed by atoms with Crippen LogP contribution in [0.2, 0.25) is 0 Å². The summed E-state index contributed by atoms with van der Waals surface area (Å²) in [7, 11) is 3.14. The van der Waals surface area contributed by atoms with Crippen LogP contribution in [0.15, 0.2) is 53.3 Å². The molecule has 4 rings (SSSR count). The standard InChI is InChI=1S/C24H26N4O5/c1-32-12-11-28-24(31)20-6-4-3-5-19(20)21(26-28)14-25-23(30)16-13-22(29)27(15-16)17-7-9-18(33-2)10-8-17/h3-10,16H,11-15H2,1-2H3,(H,25,30). The number of ether oxygens (including phenoxy) is 2. The normalized spacial score (nSPS) is 15.8. The van der Waals surface area contributed by atoms with Crippen LogP contribution in [0.1, 0.15) is 12.1 Å². The molecule has 1 aliphatic rings. The maximum absolute atomic E-state index is 12.9. The predicted molar refractivity (Wildman–Crippen MR) is 123 cm³/mol. The van der Waals surface area contributed by atoms with E-state index in [0.29, 0.717) is 41.9 Å². The molecule has 2 aromatic carbocycles. The number of aromatic nitrogens is 2. The molecule has 1 aromatic heterocycles. The number of anilines is 1. The summed E-state index contributed by atoms with van der Waals surface area (Å²) in [5.41, 5.74) is 1.12. The van der Waals surface area contributed by atoms with Crippen LogP contribution >= 0.6 is 0 Å². The molecule has 1 atom stereocenters. The Morgan fingerprint density at radius 2 is 1.82 bits per heavy atom. The lowest BCUT2D eigenvalue weighted by molar-refractivity contribution is -0.126. The number of carbonyl (C=O) groups is 2. The summed E-state index contributed by atoms with van der Waals surface area (Å²) < 4.78 is 11.6. The second kappa shape index (κ2) is 9.83. The number of fused-ring (bicyclic) bond motifs is 1. The lowest BCUT2D eigenvalue weighted by Gasteiger charge is -2.17. The molecular formula is C24H26N4O5. The van der Waals surface area contributed by atoms with Crippen LogP contribution in [0.25, 0.3) is 10.8 Å². The molecule has 2 amide bonds. The summed E-state index contributed by atoms with van der Waals surface area (Å²) in [5.74, 6) is -0.0894. The van der Waals surface area contributed by atoms with Crippen LogP contribution in [0.4, 0.5) is 5.69 Å². The van der Waals surface area contributed by atoms with Gasteiger partial charge >= 0.3 is 0 Å². The maximum atomic E-state index is 12.9. The average molecular weight is 450 g/mol. The zero-order valence-electron chi connectivity index (χ0n) is 18.6. The Labute approximate surface area is 190 Å². The first-order chi connectivity index (χ1) is 16.0. The molecule has 0 spiro atoms. The summed E-state index contributed by atoms with van der Waals surface area (Å²) >= 11 is 0. The van der Waals surface area contributed by atoms with Gasteiger partial charge in [-0.05, 0) is 30.3 Å². The second-order valence-electron chi connectivity index (χ2n) is 7.83. The highest BCUT2D eigenvalue weighted by Crippen LogP contribution is 2.27. The third kappa shape index (κ3) is 4.73. The van der Waals surface area contributed by atoms with E-state index >= 15 is 0 Å². The van der Waals surface area contributed by atoms with Gasteiger partial charge < -0.3 is 19.7 Å². The molecule has 0 bridgehead atoms. The molecule has 33 heavy (non-hydrogen) atoms. The van der Waals surface area contributed by atoms with Crippen molar-refractivity contribution in [3.63, 3.8) is 0 Å². The zero-order valence-corrected chi connectivity index (χ0v) is 18.6. The quantitative estimate of drug-likeness (QED) is 0.561. The minimum Gasteiger partial charge on any atom is -0.497 e. The third-order valence-corrected chi connectivity index (χ3v) is 5.76. The molecule has 1 unspecified atom stereocenters. The van der Waals surface area contributed by atoms with Gasteiger partial charge in [0.2, 0.25) is 11.8 Å². The number of hydrogen-bond donors (Lipinski definition) is 1. The van der Waals surface area contributed by atoms with Crippen molar-refractivity contribution >= 4 is 28.3 Å². The fraction of sp³-hybridized carbons (Fsp3) is 0.333. The van der Waals surface area contributed by atoms with Gasteiger partial charge in [-0.1, -0.05) is 18.2 Å². The lowest BCUT2D eigenvalue weighted by atomic mass is 10.1. The molecule has 9 heteroatoms. The molecule has 0 aliphatic carbocycles. The van der Waals surface area contributed by atoms with Gasteiger partial charge in [0, 0.05) is 31.1 Å². The zero-order chi connectivity index (χ0) is 23.4. The number of amides is 2. The van der Waals surface area contributed by atoms with E-state index in [9.17, 15) is 14.4 Å². The minimum absolute atomic E-state index is 0.1000. The first kappa shape index (κ1) is 22.5. The summed E-state index contributed by atoms with van der Waals surface area (Å²) in [4.78, 5) is 39.7. The van der Waals surface area contributed by atoms with Crippen LogP contribution in [-0.2, 0) is 27.4 Å². The SMILES string of the molecule is COCCn1nc(CNC(=O)C2CC(=O)N(c3ccc(OC)cc3)C2)c2ccccc2c1=O. The Morgan fingerprint density at radius 1 is 1.09 bits per heavy atom. The van der Waals surface area contributed by atoms with Gasteiger partial charge in [-0.15, -0.1) is 0 Å². The highest BCUT2D eigenvalue weighted by atomic mass is 16.5. The Morgan fingerprint density at radius 3 is 2.52 bits per heavy atom. The number of hydrogen-bond acceptors (Lipinski definition) is 6. The van der Waals surface area contributed by atoms with Crippen molar-refractivity contribution in [1.29, 1.82) is 0 Å². The fourth-order valence-electron chi connectivity index (χ4n) is 3.98. The van der Waals surface area contributed by atoms with Crippen LogP contribution in [-0.4, -0.2) is 49.0 Å². The molecule has 1 fully saturated rings. The van der Waals surface area contributed by atoms with Crippen LogP contribution in [0, 0.1) is 5.92 Å². The van der Waals surface area contributed by atoms with Crippen molar-refractivity contribution in [1.82, 2.24) is 15.1 Å². The number of nitrogens with zero attached hydrogens (tertiary/aromatic N) is 3. The number of methoxy groups -OCH3 is 2. The highest BCUT2D eigenvalue weighted by Gasteiger charge is 2.35. The van der Waals surface area contributed by atoms with Crippen molar-refractivity contribution in [3.05, 3.63) is 64.6 Å². The first-order valence-corrected chi connectivity index (χ1v) is 10.7. The Balaban J connectivity index is 1.48. The number of nitrogens with one attached hydrogen (secondary N) is 1. The van der Waals surface area contributed by atoms with E-state index < -0.39 is 5.92 Å². The molecule has 2 heterocycles. The van der Waals surface area contributed by atoms with E-state index in [4.69, 9.17) is 9.47 Å². The first-order valence-electron chi connectivity index (χ1n) is 10.7. The van der Waals surface area contributed by atoms with Gasteiger partial charge in [0.15, 0.2) is 0 Å². The summed E-state index contributed by atoms with van der Waals surface area (Å²) in [6.45, 7) is 1.12. The molecule has 3 aromatic rings.